The van der Waals surface area contributed by atoms with Crippen molar-refractivity contribution in [2.75, 3.05) is 0 Å². The van der Waals surface area contributed by atoms with Crippen LogP contribution in [-0.2, 0) is 7.05 Å². The van der Waals surface area contributed by atoms with Crippen LogP contribution in [0.25, 0.3) is 0 Å². The molecule has 1 aromatic heterocycles. The number of aromatic nitrogens is 2. The molecule has 4 heteroatoms. The molecule has 0 saturated heterocycles. The molecule has 0 aliphatic heterocycles. The summed E-state index contributed by atoms with van der Waals surface area (Å²) >= 11 is 0. The first kappa shape index (κ1) is 10.8. The number of hydrogen-bond donors (Lipinski definition) is 1. The zero-order valence-corrected chi connectivity index (χ0v) is 9.11. The highest BCUT2D eigenvalue weighted by Crippen LogP contribution is 2.02. The van der Waals surface area contributed by atoms with Crippen LogP contribution in [0.1, 0.15) is 31.1 Å². The molecule has 78 valence electrons. The molecule has 0 bridgehead atoms. The van der Waals surface area contributed by atoms with Gasteiger partial charge >= 0.3 is 0 Å². The van der Waals surface area contributed by atoms with Gasteiger partial charge in [-0.25, -0.2) is 0 Å². The van der Waals surface area contributed by atoms with Crippen LogP contribution in [0.2, 0.25) is 0 Å². The first-order valence-electron chi connectivity index (χ1n) is 4.80. The standard InChI is InChI=1S/C10H17N3O/c1-7(2)8(3)12-10(14)9-5-11-13(4)6-9/h5-8H,1-4H3,(H,12,14)/t8-/m1/s1. The van der Waals surface area contributed by atoms with Crippen molar-refractivity contribution < 1.29 is 4.79 Å². The molecule has 0 saturated carbocycles. The van der Waals surface area contributed by atoms with E-state index in [0.29, 0.717) is 11.5 Å². The first-order valence-corrected chi connectivity index (χ1v) is 4.80. The van der Waals surface area contributed by atoms with Crippen molar-refractivity contribution >= 4 is 5.91 Å². The van der Waals surface area contributed by atoms with E-state index in [4.69, 9.17) is 0 Å². The topological polar surface area (TPSA) is 46.9 Å². The van der Waals surface area contributed by atoms with Crippen LogP contribution in [0.3, 0.4) is 0 Å². The SMILES string of the molecule is CC(C)[C@@H](C)NC(=O)c1cnn(C)c1. The number of hydrogen-bond acceptors (Lipinski definition) is 2. The fourth-order valence-electron chi connectivity index (χ4n) is 0.995. The fraction of sp³-hybridized carbons (Fsp3) is 0.600. The molecule has 4 nitrogen and oxygen atoms in total. The van der Waals surface area contributed by atoms with E-state index in [2.05, 4.69) is 24.3 Å². The third-order valence-corrected chi connectivity index (χ3v) is 2.33. The Balaban J connectivity index is 2.59. The van der Waals surface area contributed by atoms with Gasteiger partial charge in [-0.1, -0.05) is 13.8 Å². The quantitative estimate of drug-likeness (QED) is 0.787. The van der Waals surface area contributed by atoms with E-state index in [1.807, 2.05) is 6.92 Å². The maximum absolute atomic E-state index is 11.6. The van der Waals surface area contributed by atoms with Crippen molar-refractivity contribution in [3.05, 3.63) is 18.0 Å². The Morgan fingerprint density at radius 3 is 2.57 bits per heavy atom. The van der Waals surface area contributed by atoms with Crippen molar-refractivity contribution in [3.63, 3.8) is 0 Å². The number of amides is 1. The van der Waals surface area contributed by atoms with Gasteiger partial charge in [-0.05, 0) is 12.8 Å². The molecular formula is C10H17N3O. The molecule has 0 fully saturated rings. The predicted molar refractivity (Wildman–Crippen MR) is 55.0 cm³/mol. The van der Waals surface area contributed by atoms with Crippen LogP contribution in [0.5, 0.6) is 0 Å². The Kier molecular flexibility index (Phi) is 3.28. The lowest BCUT2D eigenvalue weighted by Crippen LogP contribution is -2.35. The third-order valence-electron chi connectivity index (χ3n) is 2.33. The predicted octanol–water partition coefficient (Wildman–Crippen LogP) is 1.19. The number of rotatable bonds is 3. The molecule has 1 aromatic rings. The third kappa shape index (κ3) is 2.58. The second-order valence-electron chi connectivity index (χ2n) is 3.91. The number of carbonyl (C=O) groups excluding carboxylic acids is 1. The summed E-state index contributed by atoms with van der Waals surface area (Å²) < 4.78 is 1.62. The normalized spacial score (nSPS) is 12.9. The summed E-state index contributed by atoms with van der Waals surface area (Å²) in [5.41, 5.74) is 0.611. The highest BCUT2D eigenvalue weighted by molar-refractivity contribution is 5.93. The summed E-state index contributed by atoms with van der Waals surface area (Å²) in [5, 5.41) is 6.86. The van der Waals surface area contributed by atoms with E-state index < -0.39 is 0 Å². The zero-order chi connectivity index (χ0) is 10.7. The largest absolute Gasteiger partial charge is 0.349 e. The van der Waals surface area contributed by atoms with Crippen molar-refractivity contribution in [3.8, 4) is 0 Å². The molecule has 1 atom stereocenters. The molecule has 1 N–H and O–H groups in total. The van der Waals surface area contributed by atoms with Gasteiger partial charge in [0.2, 0.25) is 0 Å². The van der Waals surface area contributed by atoms with Crippen LogP contribution in [0.4, 0.5) is 0 Å². The van der Waals surface area contributed by atoms with E-state index in [1.165, 1.54) is 0 Å². The molecule has 1 rings (SSSR count). The summed E-state index contributed by atoms with van der Waals surface area (Å²) in [7, 11) is 1.79. The number of aryl methyl sites for hydroxylation is 1. The molecule has 1 amide bonds. The number of carbonyl (C=O) groups is 1. The van der Waals surface area contributed by atoms with Crippen molar-refractivity contribution in [1.82, 2.24) is 15.1 Å². The monoisotopic (exact) mass is 195 g/mol. The lowest BCUT2D eigenvalue weighted by Gasteiger charge is -2.16. The fourth-order valence-corrected chi connectivity index (χ4v) is 0.995. The van der Waals surface area contributed by atoms with Gasteiger partial charge < -0.3 is 5.32 Å². The molecule has 0 radical (unpaired) electrons. The Morgan fingerprint density at radius 1 is 1.50 bits per heavy atom. The lowest BCUT2D eigenvalue weighted by atomic mass is 10.1. The van der Waals surface area contributed by atoms with Gasteiger partial charge in [0.25, 0.3) is 5.91 Å². The molecule has 0 aliphatic carbocycles. The summed E-state index contributed by atoms with van der Waals surface area (Å²) in [6.45, 7) is 6.15. The minimum atomic E-state index is -0.0562. The second kappa shape index (κ2) is 4.26. The van der Waals surface area contributed by atoms with Crippen molar-refractivity contribution in [2.45, 2.75) is 26.8 Å². The van der Waals surface area contributed by atoms with E-state index in [9.17, 15) is 4.79 Å². The van der Waals surface area contributed by atoms with Gasteiger partial charge in [0.15, 0.2) is 0 Å². The molecule has 0 unspecified atom stereocenters. The lowest BCUT2D eigenvalue weighted by molar-refractivity contribution is 0.0930. The zero-order valence-electron chi connectivity index (χ0n) is 9.11. The van der Waals surface area contributed by atoms with Gasteiger partial charge in [0.1, 0.15) is 0 Å². The average Bonchev–Trinajstić information content (AvgIpc) is 2.51. The summed E-state index contributed by atoms with van der Waals surface area (Å²) in [4.78, 5) is 11.6. The minimum absolute atomic E-state index is 0.0562. The van der Waals surface area contributed by atoms with E-state index >= 15 is 0 Å². The van der Waals surface area contributed by atoms with Crippen LogP contribution in [-0.4, -0.2) is 21.7 Å². The summed E-state index contributed by atoms with van der Waals surface area (Å²) in [6, 6.07) is 0.183. The van der Waals surface area contributed by atoms with Crippen molar-refractivity contribution in [2.24, 2.45) is 13.0 Å². The smallest absolute Gasteiger partial charge is 0.254 e. The van der Waals surface area contributed by atoms with E-state index in [-0.39, 0.29) is 11.9 Å². The molecule has 14 heavy (non-hydrogen) atoms. The Bertz CT molecular complexity index is 317. The summed E-state index contributed by atoms with van der Waals surface area (Å²) in [5.74, 6) is 0.384. The number of nitrogens with zero attached hydrogens (tertiary/aromatic N) is 2. The van der Waals surface area contributed by atoms with Crippen LogP contribution >= 0.6 is 0 Å². The number of nitrogens with one attached hydrogen (secondary N) is 1. The molecule has 0 spiro atoms. The second-order valence-corrected chi connectivity index (χ2v) is 3.91. The van der Waals surface area contributed by atoms with Gasteiger partial charge in [0.05, 0.1) is 11.8 Å². The van der Waals surface area contributed by atoms with E-state index in [0.717, 1.165) is 0 Å². The molecular weight excluding hydrogens is 178 g/mol. The van der Waals surface area contributed by atoms with Crippen LogP contribution in [0, 0.1) is 5.92 Å². The summed E-state index contributed by atoms with van der Waals surface area (Å²) in [6.07, 6.45) is 3.28. The maximum atomic E-state index is 11.6. The van der Waals surface area contributed by atoms with Gasteiger partial charge in [0, 0.05) is 19.3 Å². The van der Waals surface area contributed by atoms with Crippen LogP contribution < -0.4 is 5.32 Å². The first-order chi connectivity index (χ1) is 6.50. The Labute approximate surface area is 84.3 Å². The highest BCUT2D eigenvalue weighted by atomic mass is 16.1. The van der Waals surface area contributed by atoms with Crippen LogP contribution in [0.15, 0.2) is 12.4 Å². The highest BCUT2D eigenvalue weighted by Gasteiger charge is 2.13. The maximum Gasteiger partial charge on any atom is 0.254 e. The van der Waals surface area contributed by atoms with Gasteiger partial charge in [-0.3, -0.25) is 9.48 Å². The molecule has 0 aromatic carbocycles. The Hall–Kier alpha value is -1.32. The molecule has 1 heterocycles. The van der Waals surface area contributed by atoms with Crippen molar-refractivity contribution in [1.29, 1.82) is 0 Å². The van der Waals surface area contributed by atoms with Gasteiger partial charge in [-0.15, -0.1) is 0 Å². The molecule has 0 aliphatic rings. The average molecular weight is 195 g/mol. The Morgan fingerprint density at radius 2 is 2.14 bits per heavy atom. The van der Waals surface area contributed by atoms with E-state index in [1.54, 1.807) is 24.1 Å². The minimum Gasteiger partial charge on any atom is -0.349 e. The van der Waals surface area contributed by atoms with Gasteiger partial charge in [-0.2, -0.15) is 5.10 Å².